The Balaban J connectivity index is 1.52. The number of rotatable bonds is 2. The second-order valence-corrected chi connectivity index (χ2v) is 6.55. The summed E-state index contributed by atoms with van der Waals surface area (Å²) in [7, 11) is 0. The number of amides is 1. The number of carbonyl (C=O) groups excluding carboxylic acids is 1. The van der Waals surface area contributed by atoms with Gasteiger partial charge in [0.25, 0.3) is 0 Å². The Morgan fingerprint density at radius 2 is 1.86 bits per heavy atom. The summed E-state index contributed by atoms with van der Waals surface area (Å²) >= 11 is 0. The van der Waals surface area contributed by atoms with E-state index in [2.05, 4.69) is 41.4 Å². The molecule has 0 bridgehead atoms. The van der Waals surface area contributed by atoms with Gasteiger partial charge in [0.1, 0.15) is 5.60 Å². The Kier molecular flexibility index (Phi) is 4.25. The monoisotopic (exact) mass is 303 g/mol. The zero-order chi connectivity index (χ0) is 15.6. The molecule has 0 radical (unpaired) electrons. The number of anilines is 1. The van der Waals surface area contributed by atoms with Crippen LogP contribution < -0.4 is 10.2 Å². The zero-order valence-corrected chi connectivity index (χ0v) is 13.5. The lowest BCUT2D eigenvalue weighted by Gasteiger charge is -2.37. The highest BCUT2D eigenvalue weighted by Gasteiger charge is 2.34. The van der Waals surface area contributed by atoms with Crippen molar-refractivity contribution in [2.75, 3.05) is 44.2 Å². The smallest absolute Gasteiger partial charge is 0.410 e. The van der Waals surface area contributed by atoms with Crippen molar-refractivity contribution in [2.45, 2.75) is 25.9 Å². The highest BCUT2D eigenvalue weighted by Crippen LogP contribution is 2.22. The highest BCUT2D eigenvalue weighted by molar-refractivity contribution is 5.69. The van der Waals surface area contributed by atoms with E-state index in [9.17, 15) is 4.79 Å². The molecule has 1 aromatic carbocycles. The Labute approximate surface area is 132 Å². The summed E-state index contributed by atoms with van der Waals surface area (Å²) in [6.07, 6.45) is 0.719. The third-order valence-corrected chi connectivity index (χ3v) is 4.60. The zero-order valence-electron chi connectivity index (χ0n) is 13.5. The molecule has 0 unspecified atom stereocenters. The maximum Gasteiger partial charge on any atom is 0.410 e. The minimum absolute atomic E-state index is 0.172. The van der Waals surface area contributed by atoms with Gasteiger partial charge in [-0.3, -0.25) is 0 Å². The molecule has 5 heteroatoms. The molecule has 1 atom stereocenters. The maximum atomic E-state index is 12.3. The molecule has 22 heavy (non-hydrogen) atoms. The van der Waals surface area contributed by atoms with E-state index in [0.29, 0.717) is 0 Å². The number of hydrogen-bond donors (Lipinski definition) is 1. The molecule has 120 valence electrons. The standard InChI is InChI=1S/C17H25N3O2/c1-14-3-5-15(6-4-14)19-9-11-20(12-10-19)16(21)22-17(2)7-8-18-13-17/h3-6,18H,7-13H2,1-2H3/t17-/m0/s1. The van der Waals surface area contributed by atoms with Crippen molar-refractivity contribution in [3.05, 3.63) is 29.8 Å². The van der Waals surface area contributed by atoms with E-state index in [1.54, 1.807) is 0 Å². The topological polar surface area (TPSA) is 44.8 Å². The van der Waals surface area contributed by atoms with E-state index >= 15 is 0 Å². The van der Waals surface area contributed by atoms with Crippen molar-refractivity contribution in [1.29, 1.82) is 0 Å². The van der Waals surface area contributed by atoms with Crippen LogP contribution in [-0.2, 0) is 4.74 Å². The van der Waals surface area contributed by atoms with Crippen molar-refractivity contribution in [1.82, 2.24) is 10.2 Å². The maximum absolute atomic E-state index is 12.3. The fourth-order valence-corrected chi connectivity index (χ4v) is 3.06. The van der Waals surface area contributed by atoms with Gasteiger partial charge in [0.05, 0.1) is 0 Å². The molecule has 2 aliphatic rings. The van der Waals surface area contributed by atoms with Gasteiger partial charge < -0.3 is 19.9 Å². The predicted octanol–water partition coefficient (Wildman–Crippen LogP) is 2.01. The lowest BCUT2D eigenvalue weighted by Crippen LogP contribution is -2.50. The summed E-state index contributed by atoms with van der Waals surface area (Å²) in [4.78, 5) is 16.5. The molecule has 2 saturated heterocycles. The van der Waals surface area contributed by atoms with Crippen molar-refractivity contribution >= 4 is 11.8 Å². The Hall–Kier alpha value is -1.75. The number of benzene rings is 1. The molecular weight excluding hydrogens is 278 g/mol. The van der Waals surface area contributed by atoms with E-state index in [1.165, 1.54) is 11.3 Å². The molecule has 0 spiro atoms. The number of aryl methyl sites for hydroxylation is 1. The first-order valence-corrected chi connectivity index (χ1v) is 8.06. The molecule has 0 aromatic heterocycles. The second-order valence-electron chi connectivity index (χ2n) is 6.55. The van der Waals surface area contributed by atoms with E-state index in [0.717, 1.165) is 45.7 Å². The van der Waals surface area contributed by atoms with Crippen LogP contribution in [0.2, 0.25) is 0 Å². The SMILES string of the molecule is Cc1ccc(N2CCN(C(=O)O[C@@]3(C)CCNC3)CC2)cc1. The number of ether oxygens (including phenoxy) is 1. The number of carbonyl (C=O) groups is 1. The van der Waals surface area contributed by atoms with E-state index in [4.69, 9.17) is 4.74 Å². The molecule has 2 heterocycles. The summed E-state index contributed by atoms with van der Waals surface area (Å²) in [5, 5.41) is 3.25. The molecule has 3 rings (SSSR count). The Bertz CT molecular complexity index is 515. The molecule has 0 aliphatic carbocycles. The van der Waals surface area contributed by atoms with Crippen molar-refractivity contribution in [3.63, 3.8) is 0 Å². The second kappa shape index (κ2) is 6.16. The predicted molar refractivity (Wildman–Crippen MR) is 87.3 cm³/mol. The van der Waals surface area contributed by atoms with Gasteiger partial charge in [-0.2, -0.15) is 0 Å². The van der Waals surface area contributed by atoms with Crippen LogP contribution in [0, 0.1) is 6.92 Å². The largest absolute Gasteiger partial charge is 0.442 e. The van der Waals surface area contributed by atoms with E-state index in [1.807, 2.05) is 11.8 Å². The van der Waals surface area contributed by atoms with Gasteiger partial charge in [0, 0.05) is 44.8 Å². The molecule has 5 nitrogen and oxygen atoms in total. The molecule has 1 amide bonds. The van der Waals surface area contributed by atoms with Crippen LogP contribution in [0.5, 0.6) is 0 Å². The molecule has 2 aliphatic heterocycles. The van der Waals surface area contributed by atoms with Crippen molar-refractivity contribution < 1.29 is 9.53 Å². The normalized spacial score (nSPS) is 25.4. The van der Waals surface area contributed by atoms with E-state index < -0.39 is 0 Å². The first-order valence-electron chi connectivity index (χ1n) is 8.06. The number of nitrogens with zero attached hydrogens (tertiary/aromatic N) is 2. The van der Waals surface area contributed by atoms with Crippen LogP contribution in [0.3, 0.4) is 0 Å². The molecule has 2 fully saturated rings. The molecular formula is C17H25N3O2. The Morgan fingerprint density at radius 1 is 1.18 bits per heavy atom. The molecule has 1 aromatic rings. The summed E-state index contributed by atoms with van der Waals surface area (Å²) in [6.45, 7) is 8.92. The van der Waals surface area contributed by atoms with E-state index in [-0.39, 0.29) is 11.7 Å². The first-order chi connectivity index (χ1) is 10.6. The number of piperazine rings is 1. The van der Waals surface area contributed by atoms with Crippen LogP contribution in [-0.4, -0.2) is 55.9 Å². The van der Waals surface area contributed by atoms with Gasteiger partial charge >= 0.3 is 6.09 Å². The molecule has 0 saturated carbocycles. The average Bonchev–Trinajstić information content (AvgIpc) is 2.94. The summed E-state index contributed by atoms with van der Waals surface area (Å²) in [5.41, 5.74) is 2.15. The van der Waals surface area contributed by atoms with Crippen molar-refractivity contribution in [2.24, 2.45) is 0 Å². The summed E-state index contributed by atoms with van der Waals surface area (Å²) < 4.78 is 5.70. The fraction of sp³-hybridized carbons (Fsp3) is 0.588. The number of hydrogen-bond acceptors (Lipinski definition) is 4. The first kappa shape index (κ1) is 15.2. The van der Waals surface area contributed by atoms with Gasteiger partial charge in [-0.15, -0.1) is 0 Å². The fourth-order valence-electron chi connectivity index (χ4n) is 3.06. The average molecular weight is 303 g/mol. The number of nitrogens with one attached hydrogen (secondary N) is 1. The summed E-state index contributed by atoms with van der Waals surface area (Å²) in [5.74, 6) is 0. The minimum atomic E-state index is -0.342. The van der Waals surface area contributed by atoms with Gasteiger partial charge in [-0.25, -0.2) is 4.79 Å². The van der Waals surface area contributed by atoms with Gasteiger partial charge in [-0.1, -0.05) is 17.7 Å². The van der Waals surface area contributed by atoms with Gasteiger partial charge in [0.15, 0.2) is 0 Å². The van der Waals surface area contributed by atoms with Crippen LogP contribution in [0.25, 0.3) is 0 Å². The quantitative estimate of drug-likeness (QED) is 0.908. The minimum Gasteiger partial charge on any atom is -0.442 e. The van der Waals surface area contributed by atoms with Crippen LogP contribution in [0.15, 0.2) is 24.3 Å². The lowest BCUT2D eigenvalue weighted by atomic mass is 10.1. The lowest BCUT2D eigenvalue weighted by molar-refractivity contribution is 0.0137. The third-order valence-electron chi connectivity index (χ3n) is 4.60. The van der Waals surface area contributed by atoms with Gasteiger partial charge in [0.2, 0.25) is 0 Å². The van der Waals surface area contributed by atoms with Crippen LogP contribution in [0.4, 0.5) is 10.5 Å². The van der Waals surface area contributed by atoms with Crippen LogP contribution >= 0.6 is 0 Å². The van der Waals surface area contributed by atoms with Crippen molar-refractivity contribution in [3.8, 4) is 0 Å². The highest BCUT2D eigenvalue weighted by atomic mass is 16.6. The molecule has 1 N–H and O–H groups in total. The van der Waals surface area contributed by atoms with Gasteiger partial charge in [-0.05, 0) is 32.5 Å². The van der Waals surface area contributed by atoms with Crippen LogP contribution in [0.1, 0.15) is 18.9 Å². The Morgan fingerprint density at radius 3 is 2.45 bits per heavy atom. The third kappa shape index (κ3) is 3.35. The summed E-state index contributed by atoms with van der Waals surface area (Å²) in [6, 6.07) is 8.55.